The third-order valence-corrected chi connectivity index (χ3v) is 13.3. The molecule has 0 bridgehead atoms. The number of pyridine rings is 2. The third kappa shape index (κ3) is 8.42. The van der Waals surface area contributed by atoms with E-state index in [2.05, 4.69) is 174 Å². The van der Waals surface area contributed by atoms with Crippen molar-refractivity contribution in [3.05, 3.63) is 186 Å². The Morgan fingerprint density at radius 1 is 0.571 bits per heavy atom. The van der Waals surface area contributed by atoms with Gasteiger partial charge < -0.3 is 14.3 Å². The van der Waals surface area contributed by atoms with Gasteiger partial charge in [0, 0.05) is 29.4 Å². The Kier molecular flexibility index (Phi) is 11.5. The first-order valence-electron chi connectivity index (χ1n) is 21.9. The molecule has 63 heavy (non-hydrogen) atoms. The van der Waals surface area contributed by atoms with E-state index in [-0.39, 0.29) is 21.1 Å². The maximum absolute atomic E-state index is 6.59. The Balaban J connectivity index is 0.00000504. The van der Waals surface area contributed by atoms with Crippen LogP contribution in [-0.2, 0) is 21.1 Å². The minimum absolute atomic E-state index is 0. The maximum Gasteiger partial charge on any atom is 2.00 e. The van der Waals surface area contributed by atoms with Gasteiger partial charge >= 0.3 is 21.1 Å². The zero-order valence-electron chi connectivity index (χ0n) is 36.8. The fraction of sp³-hybridized carbons (Fsp3) is 0.207. The number of ether oxygens (including phenoxy) is 1. The van der Waals surface area contributed by atoms with Crippen molar-refractivity contribution >= 4 is 21.8 Å². The number of nitrogens with zero attached hydrogens (tertiary/aromatic N) is 3. The van der Waals surface area contributed by atoms with Crippen molar-refractivity contribution in [2.75, 3.05) is 0 Å². The van der Waals surface area contributed by atoms with Crippen molar-refractivity contribution in [1.29, 1.82) is 0 Å². The van der Waals surface area contributed by atoms with Crippen molar-refractivity contribution in [3.63, 3.8) is 0 Å². The smallest absolute Gasteiger partial charge is 0.503 e. The summed E-state index contributed by atoms with van der Waals surface area (Å²) in [5, 5.41) is 2.21. The summed E-state index contributed by atoms with van der Waals surface area (Å²) in [6, 6.07) is 54.8. The fourth-order valence-corrected chi connectivity index (χ4v) is 9.33. The van der Waals surface area contributed by atoms with Crippen LogP contribution in [0.2, 0.25) is 0 Å². The van der Waals surface area contributed by atoms with Crippen LogP contribution < -0.4 is 4.74 Å². The molecule has 3 heterocycles. The Morgan fingerprint density at radius 2 is 1.27 bits per heavy atom. The van der Waals surface area contributed by atoms with Crippen molar-refractivity contribution in [2.45, 2.75) is 73.1 Å². The second-order valence-electron chi connectivity index (χ2n) is 18.2. The number of hydrogen-bond donors (Lipinski definition) is 0. The zero-order chi connectivity index (χ0) is 42.5. The Hall–Kier alpha value is -6.09. The van der Waals surface area contributed by atoms with E-state index in [1.54, 1.807) is 0 Å². The van der Waals surface area contributed by atoms with Crippen LogP contribution >= 0.6 is 0 Å². The van der Waals surface area contributed by atoms with Gasteiger partial charge in [-0.15, -0.1) is 41.3 Å². The van der Waals surface area contributed by atoms with Gasteiger partial charge in [-0.1, -0.05) is 116 Å². The minimum atomic E-state index is 0. The Morgan fingerprint density at radius 3 is 2.02 bits per heavy atom. The van der Waals surface area contributed by atoms with Crippen LogP contribution in [0.1, 0.15) is 73.3 Å². The van der Waals surface area contributed by atoms with E-state index >= 15 is 0 Å². The first kappa shape index (κ1) is 42.2. The standard InChI is InChI=1S/C58H51N3O.Pt/c1-37-30-57(60-35-39(37)3)61-55-24-20-46(43-17-15-42(16-18-43)41-11-8-7-9-12-41)32-53(55)51-23-21-49(33-56(51)61)62-48-14-10-13-47(31-48)54-34-52(40(4)36-59-54)50-22-19-45(29-38(50)2)44-25-27-58(5,6)28-26-44;/h7-24,29-30,32,34-36,44H,25-28H2,1-6H3;/q-2;+2. The average molecular weight is 1000 g/mol. The van der Waals surface area contributed by atoms with Gasteiger partial charge in [-0.25, -0.2) is 4.98 Å². The summed E-state index contributed by atoms with van der Waals surface area (Å²) in [6.45, 7) is 13.4. The van der Waals surface area contributed by atoms with Gasteiger partial charge in [0.05, 0.1) is 0 Å². The molecule has 0 saturated heterocycles. The molecular weight excluding hydrogens is 950 g/mol. The van der Waals surface area contributed by atoms with Crippen molar-refractivity contribution < 1.29 is 25.8 Å². The van der Waals surface area contributed by atoms with Crippen LogP contribution in [0.25, 0.3) is 72.3 Å². The van der Waals surface area contributed by atoms with Crippen LogP contribution in [0, 0.1) is 45.2 Å². The molecule has 1 aliphatic rings. The SMILES string of the molecule is Cc1cnc(-n2c3[c-]c(Oc4[c-]c(-c5cc(-c6ccc(C7CCC(C)(C)CC7)cc6C)c(C)cn5)ccc4)ccc3c3cc(-c4ccc(-c5ccccc5)cc4)ccc32)cc1C.[Pt+2]. The van der Waals surface area contributed by atoms with Crippen molar-refractivity contribution in [1.82, 2.24) is 14.5 Å². The van der Waals surface area contributed by atoms with Gasteiger partial charge in [0.25, 0.3) is 0 Å². The van der Waals surface area contributed by atoms with E-state index in [9.17, 15) is 0 Å². The number of aryl methyl sites for hydroxylation is 4. The molecule has 9 aromatic rings. The summed E-state index contributed by atoms with van der Waals surface area (Å²) in [5.74, 6) is 2.70. The number of aromatic nitrogens is 3. The topological polar surface area (TPSA) is 39.9 Å². The van der Waals surface area contributed by atoms with E-state index in [1.165, 1.54) is 70.2 Å². The van der Waals surface area contributed by atoms with E-state index in [0.29, 0.717) is 22.8 Å². The molecular formula is C58H51N3OPt. The third-order valence-electron chi connectivity index (χ3n) is 13.3. The fourth-order valence-electron chi connectivity index (χ4n) is 9.33. The molecule has 0 radical (unpaired) electrons. The molecule has 0 spiro atoms. The van der Waals surface area contributed by atoms with Crippen LogP contribution in [0.15, 0.2) is 146 Å². The molecule has 1 fully saturated rings. The van der Waals surface area contributed by atoms with Gasteiger partial charge in [-0.2, -0.15) is 6.07 Å². The summed E-state index contributed by atoms with van der Waals surface area (Å²) < 4.78 is 8.79. The molecule has 6 aromatic carbocycles. The number of fused-ring (bicyclic) bond motifs is 3. The predicted molar refractivity (Wildman–Crippen MR) is 256 cm³/mol. The van der Waals surface area contributed by atoms with Gasteiger partial charge in [0.2, 0.25) is 0 Å². The normalized spacial score (nSPS) is 13.9. The first-order chi connectivity index (χ1) is 30.1. The quantitative estimate of drug-likeness (QED) is 0.142. The predicted octanol–water partition coefficient (Wildman–Crippen LogP) is 15.5. The first-order valence-corrected chi connectivity index (χ1v) is 21.9. The molecule has 0 amide bonds. The van der Waals surface area contributed by atoms with Crippen LogP contribution in [0.4, 0.5) is 0 Å². The Labute approximate surface area is 386 Å². The Bertz CT molecular complexity index is 3120. The van der Waals surface area contributed by atoms with Gasteiger partial charge in [0.1, 0.15) is 5.82 Å². The van der Waals surface area contributed by atoms with E-state index in [4.69, 9.17) is 14.7 Å². The van der Waals surface area contributed by atoms with Crippen LogP contribution in [-0.4, -0.2) is 14.5 Å². The summed E-state index contributed by atoms with van der Waals surface area (Å²) >= 11 is 0. The van der Waals surface area contributed by atoms with Gasteiger partial charge in [-0.3, -0.25) is 0 Å². The monoisotopic (exact) mass is 1000 g/mol. The molecule has 10 rings (SSSR count). The molecule has 1 saturated carbocycles. The maximum atomic E-state index is 6.59. The van der Waals surface area contributed by atoms with E-state index in [1.807, 2.05) is 30.6 Å². The zero-order valence-corrected chi connectivity index (χ0v) is 39.1. The molecule has 314 valence electrons. The van der Waals surface area contributed by atoms with Crippen LogP contribution in [0.3, 0.4) is 0 Å². The van der Waals surface area contributed by atoms with Crippen molar-refractivity contribution in [3.8, 4) is 62.0 Å². The molecule has 1 aliphatic carbocycles. The molecule has 3 aromatic heterocycles. The average Bonchev–Trinajstić information content (AvgIpc) is 3.61. The van der Waals surface area contributed by atoms with Gasteiger partial charge in [0.15, 0.2) is 0 Å². The molecule has 5 heteroatoms. The van der Waals surface area contributed by atoms with Gasteiger partial charge in [-0.05, 0) is 149 Å². The molecule has 0 aliphatic heterocycles. The summed E-state index contributed by atoms with van der Waals surface area (Å²) in [5.41, 5.74) is 17.6. The molecule has 0 unspecified atom stereocenters. The van der Waals surface area contributed by atoms with E-state index < -0.39 is 0 Å². The largest absolute Gasteiger partial charge is 2.00 e. The summed E-state index contributed by atoms with van der Waals surface area (Å²) in [7, 11) is 0. The second-order valence-corrected chi connectivity index (χ2v) is 18.2. The molecule has 0 atom stereocenters. The molecule has 0 N–H and O–H groups in total. The number of hydrogen-bond acceptors (Lipinski definition) is 3. The van der Waals surface area contributed by atoms with Crippen molar-refractivity contribution in [2.24, 2.45) is 5.41 Å². The molecule has 4 nitrogen and oxygen atoms in total. The van der Waals surface area contributed by atoms with E-state index in [0.717, 1.165) is 55.6 Å². The minimum Gasteiger partial charge on any atom is -0.503 e. The number of benzene rings is 6. The summed E-state index contributed by atoms with van der Waals surface area (Å²) in [4.78, 5) is 9.80. The number of rotatable bonds is 8. The van der Waals surface area contributed by atoms with Crippen LogP contribution in [0.5, 0.6) is 11.5 Å². The second kappa shape index (κ2) is 17.2. The summed E-state index contributed by atoms with van der Waals surface area (Å²) in [6.07, 6.45) is 9.05.